The molecule has 0 fully saturated rings. The van der Waals surface area contributed by atoms with Crippen LogP contribution in [-0.4, -0.2) is 22.1 Å². The van der Waals surface area contributed by atoms with Crippen molar-refractivity contribution in [3.8, 4) is 0 Å². The second-order valence-electron chi connectivity index (χ2n) is 4.46. The van der Waals surface area contributed by atoms with E-state index in [1.165, 1.54) is 0 Å². The number of nitrogens with zero attached hydrogens (tertiary/aromatic N) is 2. The number of anilines is 1. The number of hydrogen-bond donors (Lipinski definition) is 2. The van der Waals surface area contributed by atoms with Crippen molar-refractivity contribution in [2.24, 2.45) is 5.73 Å². The minimum absolute atomic E-state index is 0.0498. The predicted molar refractivity (Wildman–Crippen MR) is 72.1 cm³/mol. The average molecular weight is 236 g/mol. The summed E-state index contributed by atoms with van der Waals surface area (Å²) >= 11 is 0. The minimum Gasteiger partial charge on any atom is -0.363 e. The van der Waals surface area contributed by atoms with Gasteiger partial charge in [-0.15, -0.1) is 0 Å². The third-order valence-electron chi connectivity index (χ3n) is 3.39. The maximum Gasteiger partial charge on any atom is 0.130 e. The third kappa shape index (κ3) is 3.40. The Morgan fingerprint density at radius 3 is 2.35 bits per heavy atom. The molecule has 1 aromatic rings. The Balaban J connectivity index is 2.96. The molecule has 0 saturated carbocycles. The van der Waals surface area contributed by atoms with Crippen molar-refractivity contribution in [2.45, 2.75) is 52.5 Å². The number of hydrogen-bond acceptors (Lipinski definition) is 4. The first-order chi connectivity index (χ1) is 8.09. The van der Waals surface area contributed by atoms with Gasteiger partial charge in [-0.05, 0) is 26.2 Å². The zero-order chi connectivity index (χ0) is 12.9. The van der Waals surface area contributed by atoms with Gasteiger partial charge in [0.05, 0.1) is 5.54 Å². The summed E-state index contributed by atoms with van der Waals surface area (Å²) in [5.74, 6) is 1.70. The van der Waals surface area contributed by atoms with Crippen LogP contribution in [0.3, 0.4) is 0 Å². The first-order valence-electron chi connectivity index (χ1n) is 6.42. The van der Waals surface area contributed by atoms with Crippen LogP contribution in [0.1, 0.15) is 45.1 Å². The molecule has 96 valence electrons. The fourth-order valence-electron chi connectivity index (χ4n) is 1.91. The number of rotatable bonds is 6. The minimum atomic E-state index is -0.0498. The first-order valence-corrected chi connectivity index (χ1v) is 6.42. The van der Waals surface area contributed by atoms with Crippen LogP contribution in [0.5, 0.6) is 0 Å². The van der Waals surface area contributed by atoms with E-state index in [0.29, 0.717) is 6.54 Å². The van der Waals surface area contributed by atoms with Crippen LogP contribution >= 0.6 is 0 Å². The molecular weight excluding hydrogens is 212 g/mol. The van der Waals surface area contributed by atoms with Crippen molar-refractivity contribution in [2.75, 3.05) is 11.9 Å². The van der Waals surface area contributed by atoms with E-state index < -0.39 is 0 Å². The van der Waals surface area contributed by atoms with Crippen molar-refractivity contribution in [1.29, 1.82) is 0 Å². The van der Waals surface area contributed by atoms with Crippen LogP contribution in [0.2, 0.25) is 0 Å². The molecule has 0 bridgehead atoms. The van der Waals surface area contributed by atoms with Crippen LogP contribution in [0.4, 0.5) is 5.82 Å². The fraction of sp³-hybridized carbons (Fsp3) is 0.692. The Hall–Kier alpha value is -1.16. The highest BCUT2D eigenvalue weighted by atomic mass is 15.1. The second-order valence-corrected chi connectivity index (χ2v) is 4.46. The lowest BCUT2D eigenvalue weighted by atomic mass is 9.93. The van der Waals surface area contributed by atoms with E-state index in [-0.39, 0.29) is 5.54 Å². The van der Waals surface area contributed by atoms with Gasteiger partial charge in [0.25, 0.3) is 0 Å². The Morgan fingerprint density at radius 1 is 1.24 bits per heavy atom. The van der Waals surface area contributed by atoms with Gasteiger partial charge in [-0.3, -0.25) is 0 Å². The monoisotopic (exact) mass is 236 g/mol. The summed E-state index contributed by atoms with van der Waals surface area (Å²) in [5, 5.41) is 3.48. The Kier molecular flexibility index (Phi) is 4.87. The molecule has 4 heteroatoms. The Bertz CT molecular complexity index is 350. The molecule has 0 aromatic carbocycles. The van der Waals surface area contributed by atoms with Crippen LogP contribution in [0.15, 0.2) is 6.07 Å². The molecule has 0 unspecified atom stereocenters. The van der Waals surface area contributed by atoms with Gasteiger partial charge in [-0.1, -0.05) is 20.8 Å². The molecule has 1 heterocycles. The van der Waals surface area contributed by atoms with Crippen molar-refractivity contribution in [3.63, 3.8) is 0 Å². The molecule has 17 heavy (non-hydrogen) atoms. The maximum absolute atomic E-state index is 5.88. The summed E-state index contributed by atoms with van der Waals surface area (Å²) in [6.45, 7) is 8.94. The molecule has 3 N–H and O–H groups in total. The normalized spacial score (nSPS) is 11.6. The van der Waals surface area contributed by atoms with Gasteiger partial charge in [0.1, 0.15) is 11.6 Å². The Labute approximate surface area is 104 Å². The van der Waals surface area contributed by atoms with Crippen LogP contribution < -0.4 is 11.1 Å². The van der Waals surface area contributed by atoms with E-state index in [1.54, 1.807) is 0 Å². The van der Waals surface area contributed by atoms with Gasteiger partial charge in [0, 0.05) is 18.3 Å². The van der Waals surface area contributed by atoms with Gasteiger partial charge >= 0.3 is 0 Å². The van der Waals surface area contributed by atoms with Gasteiger partial charge in [0.15, 0.2) is 0 Å². The molecule has 0 aliphatic rings. The zero-order valence-electron chi connectivity index (χ0n) is 11.4. The van der Waals surface area contributed by atoms with Crippen LogP contribution in [0.25, 0.3) is 0 Å². The highest BCUT2D eigenvalue weighted by Gasteiger charge is 2.24. The number of nitrogens with two attached hydrogens (primary N) is 1. The van der Waals surface area contributed by atoms with Crippen molar-refractivity contribution in [1.82, 2.24) is 9.97 Å². The molecule has 1 rings (SSSR count). The summed E-state index contributed by atoms with van der Waals surface area (Å²) in [4.78, 5) is 8.81. The topological polar surface area (TPSA) is 63.8 Å². The molecule has 0 saturated heterocycles. The quantitative estimate of drug-likeness (QED) is 0.795. The van der Waals surface area contributed by atoms with E-state index >= 15 is 0 Å². The predicted octanol–water partition coefficient (Wildman–Crippen LogP) is 2.28. The zero-order valence-corrected chi connectivity index (χ0v) is 11.4. The molecular formula is C13H24N4. The standard InChI is InChI=1S/C13H24N4/c1-5-11-8-12(16-10(4)15-11)17-13(6-2,7-3)9-14/h8H,5-7,9,14H2,1-4H3,(H,15,16,17). The first kappa shape index (κ1) is 13.9. The summed E-state index contributed by atoms with van der Waals surface area (Å²) in [6.07, 6.45) is 2.90. The van der Waals surface area contributed by atoms with Gasteiger partial charge in [0.2, 0.25) is 0 Å². The second kappa shape index (κ2) is 5.96. The highest BCUT2D eigenvalue weighted by molar-refractivity contribution is 5.39. The fourth-order valence-corrected chi connectivity index (χ4v) is 1.91. The molecule has 0 amide bonds. The SMILES string of the molecule is CCc1cc(NC(CC)(CC)CN)nc(C)n1. The smallest absolute Gasteiger partial charge is 0.130 e. The van der Waals surface area contributed by atoms with Crippen LogP contribution in [-0.2, 0) is 6.42 Å². The molecule has 0 atom stereocenters. The van der Waals surface area contributed by atoms with E-state index in [4.69, 9.17) is 5.73 Å². The van der Waals surface area contributed by atoms with Gasteiger partial charge in [-0.25, -0.2) is 9.97 Å². The molecule has 1 aromatic heterocycles. The van der Waals surface area contributed by atoms with E-state index in [9.17, 15) is 0 Å². The van der Waals surface area contributed by atoms with Gasteiger partial charge < -0.3 is 11.1 Å². The molecule has 4 nitrogen and oxygen atoms in total. The summed E-state index contributed by atoms with van der Waals surface area (Å²) in [6, 6.07) is 2.02. The molecule has 0 radical (unpaired) electrons. The number of aryl methyl sites for hydroxylation is 2. The van der Waals surface area contributed by atoms with Crippen molar-refractivity contribution >= 4 is 5.82 Å². The number of aromatic nitrogens is 2. The van der Waals surface area contributed by atoms with E-state index in [1.807, 2.05) is 13.0 Å². The summed E-state index contributed by atoms with van der Waals surface area (Å²) < 4.78 is 0. The largest absolute Gasteiger partial charge is 0.363 e. The molecule has 0 aliphatic heterocycles. The lowest BCUT2D eigenvalue weighted by Crippen LogP contribution is -2.44. The Morgan fingerprint density at radius 2 is 1.88 bits per heavy atom. The maximum atomic E-state index is 5.88. The summed E-state index contributed by atoms with van der Waals surface area (Å²) in [7, 11) is 0. The highest BCUT2D eigenvalue weighted by Crippen LogP contribution is 2.20. The lowest BCUT2D eigenvalue weighted by molar-refractivity contribution is 0.443. The molecule has 0 aliphatic carbocycles. The van der Waals surface area contributed by atoms with Crippen molar-refractivity contribution in [3.05, 3.63) is 17.6 Å². The number of nitrogens with one attached hydrogen (secondary N) is 1. The van der Waals surface area contributed by atoms with Crippen LogP contribution in [0, 0.1) is 6.92 Å². The lowest BCUT2D eigenvalue weighted by Gasteiger charge is -2.32. The van der Waals surface area contributed by atoms with Gasteiger partial charge in [-0.2, -0.15) is 0 Å². The van der Waals surface area contributed by atoms with E-state index in [2.05, 4.69) is 36.1 Å². The summed E-state index contributed by atoms with van der Waals surface area (Å²) in [5.41, 5.74) is 6.90. The van der Waals surface area contributed by atoms with E-state index in [0.717, 1.165) is 36.6 Å². The average Bonchev–Trinajstić information content (AvgIpc) is 2.35. The van der Waals surface area contributed by atoms with Crippen molar-refractivity contribution < 1.29 is 0 Å². The molecule has 0 spiro atoms. The third-order valence-corrected chi connectivity index (χ3v) is 3.39.